The van der Waals surface area contributed by atoms with Crippen molar-refractivity contribution in [2.75, 3.05) is 0 Å². The van der Waals surface area contributed by atoms with Crippen LogP contribution >= 0.6 is 0 Å². The Hall–Kier alpha value is -1.31. The third kappa shape index (κ3) is 2.68. The topological polar surface area (TPSA) is 17.8 Å². The van der Waals surface area contributed by atoms with E-state index in [1.165, 1.54) is 11.9 Å². The number of fused-ring (bicyclic) bond motifs is 1. The molecular formula is C15H22N2. The summed E-state index contributed by atoms with van der Waals surface area (Å²) < 4.78 is 2.26. The smallest absolute Gasteiger partial charge is 0.0958 e. The van der Waals surface area contributed by atoms with Crippen LogP contribution in [0.2, 0.25) is 0 Å². The van der Waals surface area contributed by atoms with Gasteiger partial charge in [0.15, 0.2) is 0 Å². The number of hydrogen-bond donors (Lipinski definition) is 0. The predicted octanol–water partition coefficient (Wildman–Crippen LogP) is 4.11. The number of aromatic nitrogens is 2. The third-order valence-corrected chi connectivity index (χ3v) is 3.81. The molecule has 0 aliphatic carbocycles. The Kier molecular flexibility index (Phi) is 3.23. The second kappa shape index (κ2) is 4.52. The summed E-state index contributed by atoms with van der Waals surface area (Å²) in [5.41, 5.74) is 2.72. The van der Waals surface area contributed by atoms with Crippen molar-refractivity contribution in [2.24, 2.45) is 11.3 Å². The molecule has 0 spiro atoms. The molecule has 1 unspecified atom stereocenters. The number of para-hydroxylation sites is 2. The number of aryl methyl sites for hydroxylation is 1. The van der Waals surface area contributed by atoms with E-state index in [4.69, 9.17) is 0 Å². The van der Waals surface area contributed by atoms with E-state index in [2.05, 4.69) is 55.4 Å². The lowest BCUT2D eigenvalue weighted by Crippen LogP contribution is -2.18. The van der Waals surface area contributed by atoms with E-state index in [9.17, 15) is 0 Å². The fourth-order valence-electron chi connectivity index (χ4n) is 1.95. The molecule has 0 aliphatic heterocycles. The molecule has 2 rings (SSSR count). The zero-order chi connectivity index (χ0) is 12.5. The summed E-state index contributed by atoms with van der Waals surface area (Å²) >= 11 is 0. The Bertz CT molecular complexity index is 491. The first-order chi connectivity index (χ1) is 7.98. The molecule has 1 atom stereocenters. The van der Waals surface area contributed by atoms with Gasteiger partial charge in [-0.25, -0.2) is 4.98 Å². The van der Waals surface area contributed by atoms with Gasteiger partial charge in [-0.15, -0.1) is 0 Å². The van der Waals surface area contributed by atoms with Gasteiger partial charge in [-0.3, -0.25) is 0 Å². The molecular weight excluding hydrogens is 208 g/mol. The van der Waals surface area contributed by atoms with E-state index in [1.807, 2.05) is 12.4 Å². The molecule has 92 valence electrons. The van der Waals surface area contributed by atoms with Crippen molar-refractivity contribution >= 4 is 11.0 Å². The van der Waals surface area contributed by atoms with Crippen LogP contribution in [0.15, 0.2) is 30.6 Å². The Morgan fingerprint density at radius 2 is 1.94 bits per heavy atom. The van der Waals surface area contributed by atoms with Crippen LogP contribution in [-0.2, 0) is 6.54 Å². The van der Waals surface area contributed by atoms with E-state index < -0.39 is 0 Å². The van der Waals surface area contributed by atoms with E-state index in [-0.39, 0.29) is 0 Å². The molecule has 0 saturated heterocycles. The Morgan fingerprint density at radius 1 is 1.24 bits per heavy atom. The van der Waals surface area contributed by atoms with Gasteiger partial charge in [0.25, 0.3) is 0 Å². The van der Waals surface area contributed by atoms with Crippen molar-refractivity contribution in [2.45, 2.75) is 40.7 Å². The molecule has 0 N–H and O–H groups in total. The average Bonchev–Trinajstić information content (AvgIpc) is 2.68. The first-order valence-electron chi connectivity index (χ1n) is 6.38. The molecule has 2 nitrogen and oxygen atoms in total. The molecule has 0 aliphatic rings. The van der Waals surface area contributed by atoms with Gasteiger partial charge in [0, 0.05) is 6.54 Å². The summed E-state index contributed by atoms with van der Waals surface area (Å²) in [6.45, 7) is 10.3. The third-order valence-electron chi connectivity index (χ3n) is 3.81. The maximum atomic E-state index is 4.42. The highest BCUT2D eigenvalue weighted by Crippen LogP contribution is 2.28. The van der Waals surface area contributed by atoms with Gasteiger partial charge in [-0.05, 0) is 29.9 Å². The minimum atomic E-state index is 0.385. The second-order valence-corrected chi connectivity index (χ2v) is 5.98. The van der Waals surface area contributed by atoms with Gasteiger partial charge in [0.1, 0.15) is 0 Å². The number of nitrogens with zero attached hydrogens (tertiary/aromatic N) is 2. The molecule has 0 bridgehead atoms. The normalized spacial score (nSPS) is 14.1. The fourth-order valence-corrected chi connectivity index (χ4v) is 1.95. The minimum Gasteiger partial charge on any atom is -0.331 e. The number of hydrogen-bond acceptors (Lipinski definition) is 1. The zero-order valence-electron chi connectivity index (χ0n) is 11.3. The van der Waals surface area contributed by atoms with Crippen LogP contribution in [0.3, 0.4) is 0 Å². The van der Waals surface area contributed by atoms with Gasteiger partial charge in [-0.2, -0.15) is 0 Å². The van der Waals surface area contributed by atoms with Crippen molar-refractivity contribution < 1.29 is 0 Å². The summed E-state index contributed by atoms with van der Waals surface area (Å²) in [6.07, 6.45) is 3.16. The molecule has 1 heterocycles. The van der Waals surface area contributed by atoms with Gasteiger partial charge >= 0.3 is 0 Å². The maximum Gasteiger partial charge on any atom is 0.0958 e. The highest BCUT2D eigenvalue weighted by atomic mass is 15.0. The van der Waals surface area contributed by atoms with Crippen LogP contribution in [0.5, 0.6) is 0 Å². The van der Waals surface area contributed by atoms with Crippen LogP contribution in [-0.4, -0.2) is 9.55 Å². The van der Waals surface area contributed by atoms with Crippen LogP contribution < -0.4 is 0 Å². The lowest BCUT2D eigenvalue weighted by molar-refractivity contribution is 0.238. The largest absolute Gasteiger partial charge is 0.331 e. The minimum absolute atomic E-state index is 0.385. The summed E-state index contributed by atoms with van der Waals surface area (Å²) in [6, 6.07) is 8.33. The van der Waals surface area contributed by atoms with Crippen LogP contribution in [0, 0.1) is 11.3 Å². The quantitative estimate of drug-likeness (QED) is 0.776. The van der Waals surface area contributed by atoms with Crippen molar-refractivity contribution in [3.8, 4) is 0 Å². The number of benzene rings is 1. The molecule has 1 aromatic heterocycles. The van der Waals surface area contributed by atoms with Gasteiger partial charge in [0.05, 0.1) is 17.4 Å². The lowest BCUT2D eigenvalue weighted by Gasteiger charge is -2.27. The van der Waals surface area contributed by atoms with Crippen molar-refractivity contribution in [3.63, 3.8) is 0 Å². The maximum absolute atomic E-state index is 4.42. The van der Waals surface area contributed by atoms with E-state index in [0.717, 1.165) is 12.1 Å². The highest BCUT2D eigenvalue weighted by Gasteiger charge is 2.19. The second-order valence-electron chi connectivity index (χ2n) is 5.98. The highest BCUT2D eigenvalue weighted by molar-refractivity contribution is 5.74. The SMILES string of the molecule is CC(CCn1cnc2ccccc21)C(C)(C)C. The number of imidazole rings is 1. The van der Waals surface area contributed by atoms with E-state index >= 15 is 0 Å². The molecule has 0 amide bonds. The molecule has 1 aromatic carbocycles. The summed E-state index contributed by atoms with van der Waals surface area (Å²) in [5, 5.41) is 0. The van der Waals surface area contributed by atoms with Crippen LogP contribution in [0.4, 0.5) is 0 Å². The van der Waals surface area contributed by atoms with Gasteiger partial charge < -0.3 is 4.57 Å². The van der Waals surface area contributed by atoms with E-state index in [1.54, 1.807) is 0 Å². The van der Waals surface area contributed by atoms with Gasteiger partial charge in [-0.1, -0.05) is 39.8 Å². The summed E-state index contributed by atoms with van der Waals surface area (Å²) in [5.74, 6) is 0.712. The predicted molar refractivity (Wildman–Crippen MR) is 73.0 cm³/mol. The molecule has 17 heavy (non-hydrogen) atoms. The van der Waals surface area contributed by atoms with Crippen molar-refractivity contribution in [1.29, 1.82) is 0 Å². The fraction of sp³-hybridized carbons (Fsp3) is 0.533. The van der Waals surface area contributed by atoms with Crippen LogP contribution in [0.25, 0.3) is 11.0 Å². The van der Waals surface area contributed by atoms with E-state index in [0.29, 0.717) is 11.3 Å². The zero-order valence-corrected chi connectivity index (χ0v) is 11.3. The molecule has 0 radical (unpaired) electrons. The lowest BCUT2D eigenvalue weighted by atomic mass is 9.80. The number of rotatable bonds is 3. The summed E-state index contributed by atoms with van der Waals surface area (Å²) in [7, 11) is 0. The molecule has 2 aromatic rings. The monoisotopic (exact) mass is 230 g/mol. The molecule has 0 fully saturated rings. The molecule has 0 saturated carbocycles. The Balaban J connectivity index is 2.09. The molecule has 2 heteroatoms. The van der Waals surface area contributed by atoms with Crippen molar-refractivity contribution in [1.82, 2.24) is 9.55 Å². The average molecular weight is 230 g/mol. The Labute approximate surface area is 104 Å². The first-order valence-corrected chi connectivity index (χ1v) is 6.38. The van der Waals surface area contributed by atoms with Crippen LogP contribution in [0.1, 0.15) is 34.1 Å². The van der Waals surface area contributed by atoms with Crippen molar-refractivity contribution in [3.05, 3.63) is 30.6 Å². The van der Waals surface area contributed by atoms with Gasteiger partial charge in [0.2, 0.25) is 0 Å². The first kappa shape index (κ1) is 12.2. The standard InChI is InChI=1S/C15H22N2/c1-12(15(2,3)4)9-10-17-11-16-13-7-5-6-8-14(13)17/h5-8,11-12H,9-10H2,1-4H3. The summed E-state index contributed by atoms with van der Waals surface area (Å²) in [4.78, 5) is 4.42. The Morgan fingerprint density at radius 3 is 2.65 bits per heavy atom.